The predicted molar refractivity (Wildman–Crippen MR) is 99.5 cm³/mol. The van der Waals surface area contributed by atoms with E-state index < -0.39 is 12.1 Å². The van der Waals surface area contributed by atoms with Gasteiger partial charge in [-0.05, 0) is 42.7 Å². The van der Waals surface area contributed by atoms with Gasteiger partial charge in [-0.1, -0.05) is 18.2 Å². The first-order chi connectivity index (χ1) is 13.5. The SMILES string of the molecule is O=C(CC[C@@H]1NC(=O)N(CCc2cccc(F)c2)C1=O)NCc1ccccn1. The molecule has 0 radical (unpaired) electrons. The van der Waals surface area contributed by atoms with Crippen LogP contribution in [0.4, 0.5) is 9.18 Å². The van der Waals surface area contributed by atoms with E-state index in [0.29, 0.717) is 18.5 Å². The lowest BCUT2D eigenvalue weighted by molar-refractivity contribution is -0.127. The second-order valence-electron chi connectivity index (χ2n) is 6.51. The molecule has 28 heavy (non-hydrogen) atoms. The number of nitrogens with one attached hydrogen (secondary N) is 2. The zero-order chi connectivity index (χ0) is 19.9. The van der Waals surface area contributed by atoms with Crippen LogP contribution in [-0.4, -0.2) is 40.3 Å². The third kappa shape index (κ3) is 5.12. The molecule has 1 aromatic heterocycles. The van der Waals surface area contributed by atoms with Gasteiger partial charge in [-0.3, -0.25) is 19.5 Å². The van der Waals surface area contributed by atoms with Gasteiger partial charge in [0.1, 0.15) is 11.9 Å². The van der Waals surface area contributed by atoms with Gasteiger partial charge in [0, 0.05) is 19.2 Å². The summed E-state index contributed by atoms with van der Waals surface area (Å²) < 4.78 is 13.2. The lowest BCUT2D eigenvalue weighted by Gasteiger charge is -2.13. The summed E-state index contributed by atoms with van der Waals surface area (Å²) in [6, 6.07) is 10.3. The Hall–Kier alpha value is -3.29. The first-order valence-corrected chi connectivity index (χ1v) is 9.06. The number of nitrogens with zero attached hydrogens (tertiary/aromatic N) is 2. The minimum Gasteiger partial charge on any atom is -0.350 e. The number of imide groups is 1. The van der Waals surface area contributed by atoms with Crippen molar-refractivity contribution < 1.29 is 18.8 Å². The van der Waals surface area contributed by atoms with Crippen molar-refractivity contribution in [1.29, 1.82) is 0 Å². The Morgan fingerprint density at radius 3 is 2.82 bits per heavy atom. The van der Waals surface area contributed by atoms with E-state index in [1.165, 1.54) is 12.1 Å². The van der Waals surface area contributed by atoms with Crippen LogP contribution in [-0.2, 0) is 22.6 Å². The summed E-state index contributed by atoms with van der Waals surface area (Å²) in [5.41, 5.74) is 1.45. The average molecular weight is 384 g/mol. The molecule has 1 saturated heterocycles. The summed E-state index contributed by atoms with van der Waals surface area (Å²) in [6.45, 7) is 0.473. The maximum atomic E-state index is 13.2. The number of pyridine rings is 1. The van der Waals surface area contributed by atoms with E-state index in [0.717, 1.165) is 10.6 Å². The Morgan fingerprint density at radius 2 is 2.07 bits per heavy atom. The van der Waals surface area contributed by atoms with Crippen molar-refractivity contribution in [1.82, 2.24) is 20.5 Å². The van der Waals surface area contributed by atoms with Gasteiger partial charge in [0.15, 0.2) is 0 Å². The number of benzene rings is 1. The highest BCUT2D eigenvalue weighted by molar-refractivity contribution is 6.04. The topological polar surface area (TPSA) is 91.4 Å². The van der Waals surface area contributed by atoms with Crippen molar-refractivity contribution in [2.45, 2.75) is 31.8 Å². The summed E-state index contributed by atoms with van der Waals surface area (Å²) >= 11 is 0. The zero-order valence-electron chi connectivity index (χ0n) is 15.2. The maximum Gasteiger partial charge on any atom is 0.324 e. The summed E-state index contributed by atoms with van der Waals surface area (Å²) in [5, 5.41) is 5.34. The first kappa shape index (κ1) is 19.5. The highest BCUT2D eigenvalue weighted by Crippen LogP contribution is 2.13. The number of hydrogen-bond acceptors (Lipinski definition) is 4. The molecule has 1 fully saturated rings. The molecule has 3 rings (SSSR count). The molecule has 0 bridgehead atoms. The number of halogens is 1. The Bertz CT molecular complexity index is 860. The molecule has 2 N–H and O–H groups in total. The number of hydrogen-bond donors (Lipinski definition) is 2. The van der Waals surface area contributed by atoms with E-state index >= 15 is 0 Å². The van der Waals surface area contributed by atoms with E-state index in [-0.39, 0.29) is 37.0 Å². The average Bonchev–Trinajstić information content (AvgIpc) is 2.97. The van der Waals surface area contributed by atoms with Crippen LogP contribution in [0.25, 0.3) is 0 Å². The number of carbonyl (C=O) groups excluding carboxylic acids is 3. The normalized spacial score (nSPS) is 16.2. The first-order valence-electron chi connectivity index (χ1n) is 9.06. The molecule has 1 aliphatic heterocycles. The number of aromatic nitrogens is 1. The molecule has 4 amide bonds. The van der Waals surface area contributed by atoms with Gasteiger partial charge < -0.3 is 10.6 Å². The Kier molecular flexibility index (Phi) is 6.31. The molecule has 0 spiro atoms. The molecule has 1 atom stereocenters. The fourth-order valence-corrected chi connectivity index (χ4v) is 2.97. The lowest BCUT2D eigenvalue weighted by atomic mass is 10.1. The largest absolute Gasteiger partial charge is 0.350 e. The van der Waals surface area contributed by atoms with E-state index in [4.69, 9.17) is 0 Å². The Labute approximate surface area is 161 Å². The fraction of sp³-hybridized carbons (Fsp3) is 0.300. The van der Waals surface area contributed by atoms with Crippen LogP contribution < -0.4 is 10.6 Å². The zero-order valence-corrected chi connectivity index (χ0v) is 15.2. The number of rotatable bonds is 8. The Morgan fingerprint density at radius 1 is 1.21 bits per heavy atom. The van der Waals surface area contributed by atoms with Crippen LogP contribution in [0.2, 0.25) is 0 Å². The molecule has 8 heteroatoms. The molecule has 1 aliphatic rings. The van der Waals surface area contributed by atoms with E-state index in [1.807, 2.05) is 6.07 Å². The third-order valence-electron chi connectivity index (χ3n) is 4.47. The number of carbonyl (C=O) groups is 3. The van der Waals surface area contributed by atoms with Crippen molar-refractivity contribution >= 4 is 17.8 Å². The van der Waals surface area contributed by atoms with Crippen molar-refractivity contribution in [2.24, 2.45) is 0 Å². The van der Waals surface area contributed by atoms with Gasteiger partial charge in [0.05, 0.1) is 12.2 Å². The van der Waals surface area contributed by atoms with E-state index in [1.54, 1.807) is 30.5 Å². The van der Waals surface area contributed by atoms with E-state index in [9.17, 15) is 18.8 Å². The smallest absolute Gasteiger partial charge is 0.324 e. The second-order valence-corrected chi connectivity index (χ2v) is 6.51. The standard InChI is InChI=1S/C20H21FN4O3/c21-15-5-3-4-14(12-15)9-11-25-19(27)17(24-20(25)28)7-8-18(26)23-13-16-6-1-2-10-22-16/h1-6,10,12,17H,7-9,11,13H2,(H,23,26)(H,24,28)/t17-/m0/s1. The Balaban J connectivity index is 1.44. The predicted octanol–water partition coefficient (Wildman–Crippen LogP) is 1.78. The molecule has 0 saturated carbocycles. The second kappa shape index (κ2) is 9.07. The summed E-state index contributed by atoms with van der Waals surface area (Å²) in [6.07, 6.45) is 2.34. The van der Waals surface area contributed by atoms with Gasteiger partial charge in [0.2, 0.25) is 5.91 Å². The summed E-state index contributed by atoms with van der Waals surface area (Å²) in [4.78, 5) is 41.7. The van der Waals surface area contributed by atoms with Crippen LogP contribution in [0.15, 0.2) is 48.7 Å². The third-order valence-corrected chi connectivity index (χ3v) is 4.47. The van der Waals surface area contributed by atoms with E-state index in [2.05, 4.69) is 15.6 Å². The molecule has 2 aromatic rings. The van der Waals surface area contributed by atoms with Crippen LogP contribution >= 0.6 is 0 Å². The number of amides is 4. The van der Waals surface area contributed by atoms with Gasteiger partial charge >= 0.3 is 6.03 Å². The molecule has 0 unspecified atom stereocenters. The van der Waals surface area contributed by atoms with Crippen LogP contribution in [0.5, 0.6) is 0 Å². The van der Waals surface area contributed by atoms with Crippen LogP contribution in [0.3, 0.4) is 0 Å². The minimum absolute atomic E-state index is 0.112. The van der Waals surface area contributed by atoms with Gasteiger partial charge in [-0.15, -0.1) is 0 Å². The number of urea groups is 1. The summed E-state index contributed by atoms with van der Waals surface area (Å²) in [5.74, 6) is -0.936. The van der Waals surface area contributed by atoms with Crippen LogP contribution in [0, 0.1) is 5.82 Å². The summed E-state index contributed by atoms with van der Waals surface area (Å²) in [7, 11) is 0. The lowest BCUT2D eigenvalue weighted by Crippen LogP contribution is -2.34. The van der Waals surface area contributed by atoms with Crippen molar-refractivity contribution in [3.8, 4) is 0 Å². The van der Waals surface area contributed by atoms with Crippen molar-refractivity contribution in [3.05, 3.63) is 65.7 Å². The molecule has 1 aromatic carbocycles. The molecule has 0 aliphatic carbocycles. The quantitative estimate of drug-likeness (QED) is 0.679. The molecular formula is C20H21FN4O3. The highest BCUT2D eigenvalue weighted by Gasteiger charge is 2.37. The fourth-order valence-electron chi connectivity index (χ4n) is 2.97. The minimum atomic E-state index is -0.722. The molecule has 2 heterocycles. The van der Waals surface area contributed by atoms with Gasteiger partial charge in [0.25, 0.3) is 5.91 Å². The van der Waals surface area contributed by atoms with Crippen molar-refractivity contribution in [2.75, 3.05) is 6.54 Å². The molecular weight excluding hydrogens is 363 g/mol. The van der Waals surface area contributed by atoms with Gasteiger partial charge in [-0.25, -0.2) is 9.18 Å². The molecule has 146 valence electrons. The highest BCUT2D eigenvalue weighted by atomic mass is 19.1. The van der Waals surface area contributed by atoms with Crippen LogP contribution in [0.1, 0.15) is 24.1 Å². The van der Waals surface area contributed by atoms with Gasteiger partial charge in [-0.2, -0.15) is 0 Å². The monoisotopic (exact) mass is 384 g/mol. The maximum absolute atomic E-state index is 13.2. The molecule has 7 nitrogen and oxygen atoms in total. The van der Waals surface area contributed by atoms with Crippen molar-refractivity contribution in [3.63, 3.8) is 0 Å².